The molecule has 0 bridgehead atoms. The summed E-state index contributed by atoms with van der Waals surface area (Å²) in [5, 5.41) is 3.64. The highest BCUT2D eigenvalue weighted by molar-refractivity contribution is 7.89. The van der Waals surface area contributed by atoms with Gasteiger partial charge in [-0.2, -0.15) is 0 Å². The molecule has 7 nitrogen and oxygen atoms in total. The maximum atomic E-state index is 12.4. The molecule has 0 saturated heterocycles. The Hall–Kier alpha value is -1.81. The lowest BCUT2D eigenvalue weighted by Crippen LogP contribution is -2.35. The molecule has 27 heavy (non-hydrogen) atoms. The number of methoxy groups -OCH3 is 1. The predicted octanol–water partition coefficient (Wildman–Crippen LogP) is 3.01. The van der Waals surface area contributed by atoms with Crippen LogP contribution in [0.2, 0.25) is 0 Å². The molecular weight excluding hydrogens is 386 g/mol. The van der Waals surface area contributed by atoms with Crippen LogP contribution in [-0.4, -0.2) is 39.1 Å². The number of carbonyl (C=O) groups is 1. The molecule has 1 amide bonds. The van der Waals surface area contributed by atoms with Crippen molar-refractivity contribution in [2.75, 3.05) is 19.0 Å². The van der Waals surface area contributed by atoms with Gasteiger partial charge < -0.3 is 10.1 Å². The third-order valence-corrected chi connectivity index (χ3v) is 6.59. The SMILES string of the molecule is COCC(C)NS(=O)(=O)c1ccc(NC(=O)c2cnc(C(C)(C)C)s2)cc1. The van der Waals surface area contributed by atoms with Crippen LogP contribution in [0.4, 0.5) is 5.69 Å². The van der Waals surface area contributed by atoms with Crippen LogP contribution >= 0.6 is 11.3 Å². The van der Waals surface area contributed by atoms with Gasteiger partial charge in [0.25, 0.3) is 5.91 Å². The van der Waals surface area contributed by atoms with Crippen molar-refractivity contribution in [1.29, 1.82) is 0 Å². The molecule has 9 heteroatoms. The minimum atomic E-state index is -3.64. The molecule has 2 aromatic rings. The van der Waals surface area contributed by atoms with Crippen molar-refractivity contribution in [3.8, 4) is 0 Å². The smallest absolute Gasteiger partial charge is 0.267 e. The van der Waals surface area contributed by atoms with Crippen molar-refractivity contribution in [2.24, 2.45) is 0 Å². The number of benzene rings is 1. The number of hydrogen-bond acceptors (Lipinski definition) is 6. The van der Waals surface area contributed by atoms with Crippen LogP contribution in [0.5, 0.6) is 0 Å². The highest BCUT2D eigenvalue weighted by Gasteiger charge is 2.21. The zero-order valence-corrected chi connectivity index (χ0v) is 17.7. The van der Waals surface area contributed by atoms with E-state index in [1.54, 1.807) is 25.3 Å². The molecule has 1 heterocycles. The number of ether oxygens (including phenoxy) is 1. The monoisotopic (exact) mass is 411 g/mol. The Morgan fingerprint density at radius 2 is 1.89 bits per heavy atom. The molecule has 148 valence electrons. The highest BCUT2D eigenvalue weighted by atomic mass is 32.2. The van der Waals surface area contributed by atoms with Crippen molar-refractivity contribution < 1.29 is 17.9 Å². The summed E-state index contributed by atoms with van der Waals surface area (Å²) in [7, 11) is -2.13. The molecule has 0 spiro atoms. The van der Waals surface area contributed by atoms with E-state index in [2.05, 4.69) is 15.0 Å². The van der Waals surface area contributed by atoms with Crippen LogP contribution in [0, 0.1) is 0 Å². The predicted molar refractivity (Wildman–Crippen MR) is 107 cm³/mol. The van der Waals surface area contributed by atoms with Crippen molar-refractivity contribution in [3.05, 3.63) is 40.3 Å². The van der Waals surface area contributed by atoms with Gasteiger partial charge in [0.05, 0.1) is 22.7 Å². The van der Waals surface area contributed by atoms with E-state index in [1.165, 1.54) is 30.6 Å². The number of nitrogens with one attached hydrogen (secondary N) is 2. The van der Waals surface area contributed by atoms with Gasteiger partial charge in [-0.25, -0.2) is 18.1 Å². The summed E-state index contributed by atoms with van der Waals surface area (Å²) in [6, 6.07) is 5.66. The van der Waals surface area contributed by atoms with Gasteiger partial charge in [0.2, 0.25) is 10.0 Å². The molecule has 0 saturated carbocycles. The van der Waals surface area contributed by atoms with Crippen molar-refractivity contribution in [3.63, 3.8) is 0 Å². The number of thiazole rings is 1. The van der Waals surface area contributed by atoms with E-state index in [0.29, 0.717) is 10.6 Å². The Balaban J connectivity index is 2.07. The Bertz CT molecular complexity index is 884. The van der Waals surface area contributed by atoms with Crippen LogP contribution in [0.3, 0.4) is 0 Å². The van der Waals surface area contributed by atoms with E-state index in [-0.39, 0.29) is 28.9 Å². The second-order valence-electron chi connectivity index (χ2n) is 7.24. The summed E-state index contributed by atoms with van der Waals surface area (Å²) in [4.78, 5) is 17.3. The molecule has 0 aliphatic carbocycles. The second-order valence-corrected chi connectivity index (χ2v) is 9.98. The molecular formula is C18H25N3O4S2. The van der Waals surface area contributed by atoms with E-state index < -0.39 is 10.0 Å². The third kappa shape index (κ3) is 5.83. The Labute approximate surface area is 164 Å². The first-order chi connectivity index (χ1) is 12.5. The summed E-state index contributed by atoms with van der Waals surface area (Å²) >= 11 is 1.35. The lowest BCUT2D eigenvalue weighted by Gasteiger charge is -2.13. The number of anilines is 1. The highest BCUT2D eigenvalue weighted by Crippen LogP contribution is 2.27. The van der Waals surface area contributed by atoms with Gasteiger partial charge in [-0.15, -0.1) is 11.3 Å². The van der Waals surface area contributed by atoms with Gasteiger partial charge in [0, 0.05) is 24.3 Å². The van der Waals surface area contributed by atoms with Gasteiger partial charge in [-0.3, -0.25) is 4.79 Å². The molecule has 2 rings (SSSR count). The molecule has 1 unspecified atom stereocenters. The maximum Gasteiger partial charge on any atom is 0.267 e. The first-order valence-corrected chi connectivity index (χ1v) is 10.7. The normalized spacial score (nSPS) is 13.4. The minimum Gasteiger partial charge on any atom is -0.383 e. The Morgan fingerprint density at radius 1 is 1.26 bits per heavy atom. The first kappa shape index (κ1) is 21.5. The Morgan fingerprint density at radius 3 is 2.41 bits per heavy atom. The van der Waals surface area contributed by atoms with E-state index >= 15 is 0 Å². The summed E-state index contributed by atoms with van der Waals surface area (Å²) < 4.78 is 32.1. The fourth-order valence-electron chi connectivity index (χ4n) is 2.25. The van der Waals surface area contributed by atoms with E-state index in [1.807, 2.05) is 20.8 Å². The Kier molecular flexibility index (Phi) is 6.74. The fraction of sp³-hybridized carbons (Fsp3) is 0.444. The van der Waals surface area contributed by atoms with Gasteiger partial charge in [-0.05, 0) is 31.2 Å². The molecule has 0 radical (unpaired) electrons. The fourth-order valence-corrected chi connectivity index (χ4v) is 4.35. The average Bonchev–Trinajstić information content (AvgIpc) is 3.05. The lowest BCUT2D eigenvalue weighted by atomic mass is 9.98. The molecule has 1 atom stereocenters. The molecule has 1 aromatic heterocycles. The van der Waals surface area contributed by atoms with Crippen molar-refractivity contribution in [2.45, 2.75) is 44.0 Å². The minimum absolute atomic E-state index is 0.119. The summed E-state index contributed by atoms with van der Waals surface area (Å²) in [6.45, 7) is 8.10. The number of aromatic nitrogens is 1. The van der Waals surface area contributed by atoms with Gasteiger partial charge >= 0.3 is 0 Å². The van der Waals surface area contributed by atoms with Gasteiger partial charge in [0.1, 0.15) is 4.88 Å². The van der Waals surface area contributed by atoms with Crippen LogP contribution in [0.1, 0.15) is 42.4 Å². The van der Waals surface area contributed by atoms with Crippen LogP contribution < -0.4 is 10.0 Å². The first-order valence-electron chi connectivity index (χ1n) is 8.42. The molecule has 0 aliphatic heterocycles. The van der Waals surface area contributed by atoms with E-state index in [4.69, 9.17) is 4.74 Å². The lowest BCUT2D eigenvalue weighted by molar-refractivity contribution is 0.103. The van der Waals surface area contributed by atoms with Crippen molar-refractivity contribution in [1.82, 2.24) is 9.71 Å². The van der Waals surface area contributed by atoms with Crippen LogP contribution in [-0.2, 0) is 20.2 Å². The topological polar surface area (TPSA) is 97.4 Å². The maximum absolute atomic E-state index is 12.4. The molecule has 1 aromatic carbocycles. The average molecular weight is 412 g/mol. The molecule has 2 N–H and O–H groups in total. The standard InChI is InChI=1S/C18H25N3O4S2/c1-12(11-25-5)21-27(23,24)14-8-6-13(7-9-14)20-16(22)15-10-19-17(26-15)18(2,3)4/h6-10,12,21H,11H2,1-5H3,(H,20,22). The number of sulfonamides is 1. The quantitative estimate of drug-likeness (QED) is 0.730. The molecule has 0 aliphatic rings. The van der Waals surface area contributed by atoms with Gasteiger partial charge in [-0.1, -0.05) is 20.8 Å². The summed E-state index contributed by atoms with van der Waals surface area (Å²) in [5.41, 5.74) is 0.390. The number of hydrogen-bond donors (Lipinski definition) is 2. The zero-order valence-electron chi connectivity index (χ0n) is 16.1. The largest absolute Gasteiger partial charge is 0.383 e. The number of carbonyl (C=O) groups excluding carboxylic acids is 1. The van der Waals surface area contributed by atoms with E-state index in [0.717, 1.165) is 5.01 Å². The third-order valence-electron chi connectivity index (χ3n) is 3.57. The van der Waals surface area contributed by atoms with E-state index in [9.17, 15) is 13.2 Å². The molecule has 0 fully saturated rings. The van der Waals surface area contributed by atoms with Crippen molar-refractivity contribution >= 4 is 33.0 Å². The second kappa shape index (κ2) is 8.47. The van der Waals surface area contributed by atoms with Crippen LogP contribution in [0.25, 0.3) is 0 Å². The zero-order chi connectivity index (χ0) is 20.2. The number of nitrogens with zero attached hydrogens (tertiary/aromatic N) is 1. The summed E-state index contributed by atoms with van der Waals surface area (Å²) in [5.74, 6) is -0.273. The van der Waals surface area contributed by atoms with Crippen LogP contribution in [0.15, 0.2) is 35.4 Å². The van der Waals surface area contributed by atoms with Gasteiger partial charge in [0.15, 0.2) is 0 Å². The summed E-state index contributed by atoms with van der Waals surface area (Å²) in [6.07, 6.45) is 1.56. The number of amides is 1. The number of rotatable bonds is 7.